The number of nitrogens with two attached hydrogens (primary N) is 1. The fourth-order valence-electron chi connectivity index (χ4n) is 0.979. The molecule has 0 fully saturated rings. The molecular formula is C12H14N2S2. The molecule has 84 valence electrons. The zero-order valence-electron chi connectivity index (χ0n) is 9.31. The van der Waals surface area contributed by atoms with Crippen LogP contribution in [0, 0.1) is 6.57 Å². The summed E-state index contributed by atoms with van der Waals surface area (Å²) in [4.78, 5) is 4.44. The molecule has 0 aromatic carbocycles. The second-order valence-electron chi connectivity index (χ2n) is 3.76. The summed E-state index contributed by atoms with van der Waals surface area (Å²) < 4.78 is 0. The number of nitrogens with zero attached hydrogens (tertiary/aromatic N) is 1. The van der Waals surface area contributed by atoms with Crippen LogP contribution < -0.4 is 5.73 Å². The van der Waals surface area contributed by atoms with Crippen LogP contribution in [-0.4, -0.2) is 0 Å². The summed E-state index contributed by atoms with van der Waals surface area (Å²) in [5.41, 5.74) is 5.65. The summed E-state index contributed by atoms with van der Waals surface area (Å²) in [7, 11) is 0. The van der Waals surface area contributed by atoms with Crippen LogP contribution in [0.2, 0.25) is 0 Å². The van der Waals surface area contributed by atoms with Crippen molar-refractivity contribution in [1.29, 1.82) is 0 Å². The molecule has 2 heterocycles. The summed E-state index contributed by atoms with van der Waals surface area (Å²) in [5.74, 6) is 0. The molecule has 2 aromatic rings. The molecule has 4 heteroatoms. The van der Waals surface area contributed by atoms with Crippen LogP contribution in [-0.2, 0) is 5.54 Å². The lowest BCUT2D eigenvalue weighted by molar-refractivity contribution is 0.567. The van der Waals surface area contributed by atoms with Crippen molar-refractivity contribution in [2.45, 2.75) is 19.4 Å². The summed E-state index contributed by atoms with van der Waals surface area (Å²) >= 11 is 3.17. The van der Waals surface area contributed by atoms with Gasteiger partial charge in [0.15, 0.2) is 0 Å². The van der Waals surface area contributed by atoms with Gasteiger partial charge in [-0.3, -0.25) is 0 Å². The van der Waals surface area contributed by atoms with Crippen LogP contribution in [0.4, 0.5) is 5.00 Å². The monoisotopic (exact) mass is 250 g/mol. The standard InChI is InChI=1S/C7H11NS.C5H3NS/c1-7(2,8)6-4-3-5-9-6;1-6-5-3-2-4-7-5/h3-5H,8H2,1-2H3;2-4H. The molecule has 16 heavy (non-hydrogen) atoms. The average Bonchev–Trinajstić information content (AvgIpc) is 2.91. The lowest BCUT2D eigenvalue weighted by atomic mass is 10.1. The quantitative estimate of drug-likeness (QED) is 0.754. The van der Waals surface area contributed by atoms with Gasteiger partial charge in [-0.2, -0.15) is 11.3 Å². The fourth-order valence-corrected chi connectivity index (χ4v) is 2.25. The minimum atomic E-state index is -0.159. The Morgan fingerprint density at radius 3 is 2.06 bits per heavy atom. The molecule has 0 atom stereocenters. The minimum Gasteiger partial charge on any atom is -0.321 e. The number of rotatable bonds is 1. The van der Waals surface area contributed by atoms with Gasteiger partial charge in [-0.05, 0) is 36.7 Å². The molecule has 0 radical (unpaired) electrons. The van der Waals surface area contributed by atoms with Crippen molar-refractivity contribution in [1.82, 2.24) is 0 Å². The van der Waals surface area contributed by atoms with E-state index in [9.17, 15) is 0 Å². The Morgan fingerprint density at radius 1 is 1.19 bits per heavy atom. The maximum Gasteiger partial charge on any atom is 0.241 e. The molecule has 2 aromatic heterocycles. The first-order valence-electron chi connectivity index (χ1n) is 4.78. The molecule has 0 saturated carbocycles. The Labute approximate surface area is 104 Å². The highest BCUT2D eigenvalue weighted by molar-refractivity contribution is 7.14. The van der Waals surface area contributed by atoms with Gasteiger partial charge in [0.2, 0.25) is 5.00 Å². The second kappa shape index (κ2) is 5.80. The van der Waals surface area contributed by atoms with Crippen LogP contribution in [0.1, 0.15) is 18.7 Å². The fraction of sp³-hybridized carbons (Fsp3) is 0.250. The van der Waals surface area contributed by atoms with E-state index in [-0.39, 0.29) is 5.54 Å². The summed E-state index contributed by atoms with van der Waals surface area (Å²) in [6.45, 7) is 10.5. The molecule has 0 aliphatic carbocycles. The molecular weight excluding hydrogens is 236 g/mol. The smallest absolute Gasteiger partial charge is 0.241 e. The largest absolute Gasteiger partial charge is 0.321 e. The molecule has 0 aliphatic heterocycles. The maximum absolute atomic E-state index is 6.50. The van der Waals surface area contributed by atoms with E-state index in [1.165, 1.54) is 16.2 Å². The summed E-state index contributed by atoms with van der Waals surface area (Å²) in [6, 6.07) is 7.76. The van der Waals surface area contributed by atoms with Crippen LogP contribution in [0.3, 0.4) is 0 Å². The predicted octanol–water partition coefficient (Wildman–Crippen LogP) is 4.24. The van der Waals surface area contributed by atoms with Crippen LogP contribution in [0.5, 0.6) is 0 Å². The normalized spacial score (nSPS) is 10.1. The molecule has 0 saturated heterocycles. The second-order valence-corrected chi connectivity index (χ2v) is 5.64. The molecule has 0 aliphatic rings. The van der Waals surface area contributed by atoms with Crippen molar-refractivity contribution in [2.75, 3.05) is 0 Å². The van der Waals surface area contributed by atoms with E-state index < -0.39 is 0 Å². The first-order chi connectivity index (χ1) is 7.54. The number of hydrogen-bond acceptors (Lipinski definition) is 3. The highest BCUT2D eigenvalue weighted by atomic mass is 32.1. The van der Waals surface area contributed by atoms with E-state index in [2.05, 4.69) is 10.9 Å². The third-order valence-corrected chi connectivity index (χ3v) is 3.74. The summed E-state index contributed by atoms with van der Waals surface area (Å²) in [6.07, 6.45) is 0. The molecule has 0 spiro atoms. The van der Waals surface area contributed by atoms with Crippen molar-refractivity contribution in [3.8, 4) is 0 Å². The van der Waals surface area contributed by atoms with Crippen molar-refractivity contribution >= 4 is 27.7 Å². The molecule has 0 unspecified atom stereocenters. The van der Waals surface area contributed by atoms with Gasteiger partial charge >= 0.3 is 0 Å². The van der Waals surface area contributed by atoms with E-state index >= 15 is 0 Å². The van der Waals surface area contributed by atoms with E-state index in [1.54, 1.807) is 17.4 Å². The van der Waals surface area contributed by atoms with Crippen molar-refractivity contribution in [3.63, 3.8) is 0 Å². The molecule has 0 amide bonds. The Balaban J connectivity index is 0.000000165. The zero-order valence-corrected chi connectivity index (χ0v) is 10.9. The lowest BCUT2D eigenvalue weighted by Gasteiger charge is -2.15. The average molecular weight is 250 g/mol. The van der Waals surface area contributed by atoms with E-state index in [0.717, 1.165) is 5.00 Å². The SMILES string of the molecule is CC(C)(N)c1cccs1.[C-]#[N+]c1cccs1. The van der Waals surface area contributed by atoms with Gasteiger partial charge in [0.25, 0.3) is 0 Å². The Kier molecular flexibility index (Phi) is 4.69. The van der Waals surface area contributed by atoms with Crippen molar-refractivity contribution < 1.29 is 0 Å². The third kappa shape index (κ3) is 4.15. The van der Waals surface area contributed by atoms with Gasteiger partial charge in [-0.1, -0.05) is 12.1 Å². The van der Waals surface area contributed by atoms with E-state index in [1.807, 2.05) is 36.7 Å². The highest BCUT2D eigenvalue weighted by Gasteiger charge is 2.13. The first kappa shape index (κ1) is 12.9. The van der Waals surface area contributed by atoms with Crippen molar-refractivity contribution in [2.24, 2.45) is 5.73 Å². The summed E-state index contributed by atoms with van der Waals surface area (Å²) in [5, 5.41) is 4.71. The van der Waals surface area contributed by atoms with Crippen LogP contribution in [0.25, 0.3) is 4.85 Å². The number of hydrogen-bond donors (Lipinski definition) is 1. The third-order valence-electron chi connectivity index (χ3n) is 1.77. The van der Waals surface area contributed by atoms with Gasteiger partial charge in [0.05, 0.1) is 6.57 Å². The van der Waals surface area contributed by atoms with E-state index in [4.69, 9.17) is 12.3 Å². The Morgan fingerprint density at radius 2 is 1.81 bits per heavy atom. The molecule has 0 bridgehead atoms. The van der Waals surface area contributed by atoms with Gasteiger partial charge in [-0.15, -0.1) is 11.3 Å². The Bertz CT molecular complexity index is 430. The van der Waals surface area contributed by atoms with Gasteiger partial charge in [-0.25, -0.2) is 4.85 Å². The first-order valence-corrected chi connectivity index (χ1v) is 6.54. The van der Waals surface area contributed by atoms with Gasteiger partial charge in [0.1, 0.15) is 0 Å². The van der Waals surface area contributed by atoms with Gasteiger partial charge < -0.3 is 5.73 Å². The highest BCUT2D eigenvalue weighted by Crippen LogP contribution is 2.21. The van der Waals surface area contributed by atoms with Crippen LogP contribution in [0.15, 0.2) is 35.0 Å². The maximum atomic E-state index is 6.50. The lowest BCUT2D eigenvalue weighted by Crippen LogP contribution is -2.27. The minimum absolute atomic E-state index is 0.159. The topological polar surface area (TPSA) is 30.4 Å². The van der Waals surface area contributed by atoms with E-state index in [0.29, 0.717) is 0 Å². The number of thiophene rings is 2. The molecule has 2 nitrogen and oxygen atoms in total. The van der Waals surface area contributed by atoms with Crippen molar-refractivity contribution in [3.05, 3.63) is 51.3 Å². The van der Waals surface area contributed by atoms with Gasteiger partial charge in [0, 0.05) is 10.4 Å². The van der Waals surface area contributed by atoms with Crippen LogP contribution >= 0.6 is 22.7 Å². The Hall–Kier alpha value is -1.15. The predicted molar refractivity (Wildman–Crippen MR) is 72.1 cm³/mol. The molecule has 2 N–H and O–H groups in total. The molecule has 2 rings (SSSR count). The zero-order chi connectivity index (χ0) is 12.0.